The highest BCUT2D eigenvalue weighted by Gasteiger charge is 2.10. The summed E-state index contributed by atoms with van der Waals surface area (Å²) < 4.78 is 16.4. The van der Waals surface area contributed by atoms with Crippen LogP contribution < -0.4 is 0 Å². The SMILES string of the molecule is CC.CC.CC.CC.CC.CC.CC.CC.c1ccc(-n2c3ccccc3c3ccccc32)cc1.c1ccc2c(c1)oc1ccccc12.c1ccc2c(c1)oc1ccccc12.c1ccc2c(c1)sc1ccccc12. The lowest BCUT2D eigenvalue weighted by Gasteiger charge is -2.06. The van der Waals surface area contributed by atoms with Gasteiger partial charge < -0.3 is 13.4 Å². The summed E-state index contributed by atoms with van der Waals surface area (Å²) in [5.41, 5.74) is 7.57. The molecule has 74 heavy (non-hydrogen) atoms. The molecule has 0 aliphatic rings. The van der Waals surface area contributed by atoms with Crippen molar-refractivity contribution in [2.45, 2.75) is 111 Å². The Morgan fingerprint density at radius 1 is 0.230 bits per heavy atom. The summed E-state index contributed by atoms with van der Waals surface area (Å²) in [5.74, 6) is 0. The third-order valence-electron chi connectivity index (χ3n) is 10.4. The zero-order valence-electron chi connectivity index (χ0n) is 47.5. The third kappa shape index (κ3) is 15.8. The number of furan rings is 2. The molecule has 13 aromatic rings. The number of aromatic nitrogens is 1. The number of fused-ring (bicyclic) bond motifs is 12. The molecule has 0 amide bonds. The molecule has 0 aliphatic carbocycles. The van der Waals surface area contributed by atoms with Gasteiger partial charge in [-0.1, -0.05) is 275 Å². The van der Waals surface area contributed by atoms with Crippen molar-refractivity contribution in [1.82, 2.24) is 4.57 Å². The van der Waals surface area contributed by atoms with E-state index < -0.39 is 0 Å². The highest BCUT2D eigenvalue weighted by molar-refractivity contribution is 7.25. The molecule has 3 nitrogen and oxygen atoms in total. The molecule has 4 heteroatoms. The second-order valence-corrected chi connectivity index (χ2v) is 15.1. The first-order chi connectivity index (χ1) is 36.8. The Balaban J connectivity index is 0.000000312. The van der Waals surface area contributed by atoms with Gasteiger partial charge in [0.05, 0.1) is 11.0 Å². The van der Waals surface area contributed by atoms with Crippen LogP contribution in [0.3, 0.4) is 0 Å². The van der Waals surface area contributed by atoms with Crippen molar-refractivity contribution in [3.63, 3.8) is 0 Å². The average Bonchev–Trinajstić information content (AvgIpc) is 4.29. The van der Waals surface area contributed by atoms with Crippen molar-refractivity contribution in [2.24, 2.45) is 0 Å². The van der Waals surface area contributed by atoms with E-state index in [1.807, 2.05) is 195 Å². The Kier molecular flexibility index (Phi) is 30.9. The van der Waals surface area contributed by atoms with E-state index in [1.54, 1.807) is 0 Å². The average molecular weight is 1000 g/mol. The second-order valence-electron chi connectivity index (χ2n) is 14.0. The first kappa shape index (κ1) is 62.7. The second kappa shape index (κ2) is 36.5. The zero-order chi connectivity index (χ0) is 54.7. The number of hydrogen-bond donors (Lipinski definition) is 0. The van der Waals surface area contributed by atoms with Crippen LogP contribution in [0, 0.1) is 0 Å². The fourth-order valence-corrected chi connectivity index (χ4v) is 8.91. The number of hydrogen-bond acceptors (Lipinski definition) is 3. The summed E-state index contributed by atoms with van der Waals surface area (Å²) in [7, 11) is 0. The summed E-state index contributed by atoms with van der Waals surface area (Å²) in [6, 6.07) is 77.2. The number of rotatable bonds is 1. The van der Waals surface area contributed by atoms with Crippen molar-refractivity contribution in [3.05, 3.63) is 224 Å². The van der Waals surface area contributed by atoms with Crippen LogP contribution in [0.25, 0.3) is 91.5 Å². The minimum Gasteiger partial charge on any atom is -0.456 e. The van der Waals surface area contributed by atoms with Gasteiger partial charge in [0.2, 0.25) is 0 Å². The molecule has 4 aromatic heterocycles. The molecule has 0 fully saturated rings. The molecular formula is C70H85NO2S. The van der Waals surface area contributed by atoms with Crippen LogP contribution in [0.15, 0.2) is 233 Å². The van der Waals surface area contributed by atoms with Gasteiger partial charge in [-0.15, -0.1) is 11.3 Å². The van der Waals surface area contributed by atoms with E-state index in [-0.39, 0.29) is 0 Å². The van der Waals surface area contributed by atoms with Crippen molar-refractivity contribution in [1.29, 1.82) is 0 Å². The minimum atomic E-state index is 0.962. The summed E-state index contributed by atoms with van der Waals surface area (Å²) >= 11 is 1.86. The molecule has 13 rings (SSSR count). The molecular weight excluding hydrogens is 919 g/mol. The number of nitrogens with zero attached hydrogens (tertiary/aromatic N) is 1. The highest BCUT2D eigenvalue weighted by atomic mass is 32.1. The van der Waals surface area contributed by atoms with Crippen molar-refractivity contribution in [2.75, 3.05) is 0 Å². The first-order valence-corrected chi connectivity index (χ1v) is 28.2. The van der Waals surface area contributed by atoms with E-state index in [4.69, 9.17) is 8.83 Å². The van der Waals surface area contributed by atoms with E-state index in [0.717, 1.165) is 22.3 Å². The van der Waals surface area contributed by atoms with Crippen LogP contribution in [0.1, 0.15) is 111 Å². The maximum Gasteiger partial charge on any atom is 0.135 e. The van der Waals surface area contributed by atoms with Crippen molar-refractivity contribution < 1.29 is 8.83 Å². The molecule has 0 atom stereocenters. The molecule has 0 N–H and O–H groups in total. The molecule has 0 saturated carbocycles. The molecule has 0 bridgehead atoms. The highest BCUT2D eigenvalue weighted by Crippen LogP contribution is 2.34. The number of thiophene rings is 1. The molecule has 0 radical (unpaired) electrons. The van der Waals surface area contributed by atoms with Gasteiger partial charge in [0.25, 0.3) is 0 Å². The van der Waals surface area contributed by atoms with Crippen LogP contribution in [-0.4, -0.2) is 4.57 Å². The topological polar surface area (TPSA) is 31.2 Å². The number of benzene rings is 9. The van der Waals surface area contributed by atoms with Gasteiger partial charge in [-0.3, -0.25) is 0 Å². The molecule has 9 aromatic carbocycles. The van der Waals surface area contributed by atoms with E-state index in [2.05, 4.69) is 156 Å². The Morgan fingerprint density at radius 2 is 0.459 bits per heavy atom. The molecule has 0 unspecified atom stereocenters. The predicted molar refractivity (Wildman–Crippen MR) is 338 cm³/mol. The van der Waals surface area contributed by atoms with E-state index in [1.165, 1.54) is 69.2 Å². The molecule has 0 spiro atoms. The molecule has 0 aliphatic heterocycles. The van der Waals surface area contributed by atoms with Gasteiger partial charge in [-0.2, -0.15) is 0 Å². The quantitative estimate of drug-likeness (QED) is 0.164. The fourth-order valence-electron chi connectivity index (χ4n) is 7.80. The molecule has 4 heterocycles. The standard InChI is InChI=1S/C18H13N.2C12H8O.C12H8S.8C2H6/c1-2-8-14(9-3-1)19-17-12-6-4-10-15(17)16-11-5-7-13-18(16)19;3*1-3-7-11-9(5-1)10-6-2-4-8-12(10)13-11;8*1-2/h1-13H;3*1-8H;8*1-2H3. The summed E-state index contributed by atoms with van der Waals surface area (Å²) in [6.45, 7) is 32.0. The Hall–Kier alpha value is -7.40. The lowest BCUT2D eigenvalue weighted by atomic mass is 10.2. The predicted octanol–water partition coefficient (Wildman–Crippen LogP) is 24.2. The minimum absolute atomic E-state index is 0.962. The summed E-state index contributed by atoms with van der Waals surface area (Å²) in [6.07, 6.45) is 0. The van der Waals surface area contributed by atoms with Gasteiger partial charge in [0.15, 0.2) is 0 Å². The largest absolute Gasteiger partial charge is 0.456 e. The van der Waals surface area contributed by atoms with Crippen LogP contribution in [0.4, 0.5) is 0 Å². The van der Waals surface area contributed by atoms with Gasteiger partial charge >= 0.3 is 0 Å². The fraction of sp³-hybridized carbons (Fsp3) is 0.229. The van der Waals surface area contributed by atoms with E-state index >= 15 is 0 Å². The Bertz CT molecular complexity index is 3020. The van der Waals surface area contributed by atoms with E-state index in [9.17, 15) is 0 Å². The van der Waals surface area contributed by atoms with E-state index in [0.29, 0.717) is 0 Å². The van der Waals surface area contributed by atoms with Crippen LogP contribution in [-0.2, 0) is 0 Å². The smallest absolute Gasteiger partial charge is 0.135 e. The van der Waals surface area contributed by atoms with Gasteiger partial charge in [0, 0.05) is 58.2 Å². The summed E-state index contributed by atoms with van der Waals surface area (Å²) in [5, 5.41) is 10.1. The molecule has 388 valence electrons. The van der Waals surface area contributed by atoms with Gasteiger partial charge in [0.1, 0.15) is 22.3 Å². The van der Waals surface area contributed by atoms with Crippen LogP contribution in [0.2, 0.25) is 0 Å². The lowest BCUT2D eigenvalue weighted by Crippen LogP contribution is -1.92. The van der Waals surface area contributed by atoms with Crippen molar-refractivity contribution in [3.8, 4) is 5.69 Å². The third-order valence-corrected chi connectivity index (χ3v) is 11.6. The maximum absolute atomic E-state index is 5.65. The lowest BCUT2D eigenvalue weighted by molar-refractivity contribution is 0.668. The monoisotopic (exact) mass is 1000 g/mol. The normalized spacial score (nSPS) is 9.35. The van der Waals surface area contributed by atoms with Crippen molar-refractivity contribution >= 4 is 97.2 Å². The summed E-state index contributed by atoms with van der Waals surface area (Å²) in [4.78, 5) is 0. The maximum atomic E-state index is 5.65. The Labute approximate surface area is 449 Å². The Morgan fingerprint density at radius 3 is 0.770 bits per heavy atom. The first-order valence-electron chi connectivity index (χ1n) is 27.4. The van der Waals surface area contributed by atoms with Crippen LogP contribution >= 0.6 is 11.3 Å². The molecule has 0 saturated heterocycles. The number of para-hydroxylation sites is 7. The van der Waals surface area contributed by atoms with Gasteiger partial charge in [-0.05, 0) is 60.7 Å². The van der Waals surface area contributed by atoms with Gasteiger partial charge in [-0.25, -0.2) is 0 Å². The zero-order valence-corrected chi connectivity index (χ0v) is 48.4. The van der Waals surface area contributed by atoms with Crippen LogP contribution in [0.5, 0.6) is 0 Å².